The molecule has 0 aliphatic carbocycles. The quantitative estimate of drug-likeness (QED) is 0.800. The molecule has 0 radical (unpaired) electrons. The first-order valence-electron chi connectivity index (χ1n) is 8.09. The Balaban J connectivity index is 1.93. The van der Waals surface area contributed by atoms with Gasteiger partial charge in [-0.15, -0.1) is 0 Å². The third-order valence-corrected chi connectivity index (χ3v) is 6.57. The van der Waals surface area contributed by atoms with Crippen molar-refractivity contribution in [3.63, 3.8) is 0 Å². The number of ketones is 1. The van der Waals surface area contributed by atoms with Crippen LogP contribution in [0.3, 0.4) is 0 Å². The lowest BCUT2D eigenvalue weighted by molar-refractivity contribution is 0.0918. The minimum atomic E-state index is -3.65. The zero-order chi connectivity index (χ0) is 17.3. The predicted octanol–water partition coefficient (Wildman–Crippen LogP) is 3.34. The van der Waals surface area contributed by atoms with Crippen LogP contribution >= 0.6 is 0 Å². The maximum atomic E-state index is 12.9. The number of Topliss-reactive ketones (excluding diaryl/α,β-unsaturated/α-hetero) is 1. The van der Waals surface area contributed by atoms with E-state index in [-0.39, 0.29) is 10.7 Å². The van der Waals surface area contributed by atoms with E-state index < -0.39 is 16.1 Å². The standard InChI is InChI=1S/C19H21NO3S/c1-14-10-11-16(13-15(14)2)19(21)18-9-6-12-20(18)24(22,23)17-7-4-3-5-8-17/h3-5,7-8,10-11,13,18H,6,9,12H2,1-2H3. The second kappa shape index (κ2) is 6.49. The van der Waals surface area contributed by atoms with E-state index >= 15 is 0 Å². The van der Waals surface area contributed by atoms with Crippen LogP contribution in [0.5, 0.6) is 0 Å². The lowest BCUT2D eigenvalue weighted by Gasteiger charge is -2.23. The minimum absolute atomic E-state index is 0.116. The number of hydrogen-bond donors (Lipinski definition) is 0. The number of carbonyl (C=O) groups is 1. The molecular weight excluding hydrogens is 322 g/mol. The number of aryl methyl sites for hydroxylation is 2. The molecule has 1 fully saturated rings. The third kappa shape index (κ3) is 3.01. The highest BCUT2D eigenvalue weighted by Gasteiger charge is 2.39. The molecule has 1 saturated heterocycles. The predicted molar refractivity (Wildman–Crippen MR) is 93.6 cm³/mol. The molecule has 24 heavy (non-hydrogen) atoms. The van der Waals surface area contributed by atoms with Gasteiger partial charge in [0.1, 0.15) is 0 Å². The lowest BCUT2D eigenvalue weighted by Crippen LogP contribution is -2.40. The minimum Gasteiger partial charge on any atom is -0.292 e. The van der Waals surface area contributed by atoms with Crippen molar-refractivity contribution in [2.45, 2.75) is 37.6 Å². The number of rotatable bonds is 4. The van der Waals surface area contributed by atoms with Gasteiger partial charge in [-0.05, 0) is 56.0 Å². The molecule has 1 aliphatic heterocycles. The van der Waals surface area contributed by atoms with E-state index in [1.165, 1.54) is 4.31 Å². The van der Waals surface area contributed by atoms with Gasteiger partial charge >= 0.3 is 0 Å². The molecule has 0 spiro atoms. The molecule has 1 aliphatic rings. The first-order valence-corrected chi connectivity index (χ1v) is 9.53. The van der Waals surface area contributed by atoms with Crippen LogP contribution in [0, 0.1) is 13.8 Å². The molecular formula is C19H21NO3S. The summed E-state index contributed by atoms with van der Waals surface area (Å²) in [6.07, 6.45) is 1.27. The summed E-state index contributed by atoms with van der Waals surface area (Å²) in [5.41, 5.74) is 2.74. The van der Waals surface area contributed by atoms with E-state index in [0.29, 0.717) is 24.9 Å². The summed E-state index contributed by atoms with van der Waals surface area (Å²) in [5.74, 6) is -0.116. The van der Waals surface area contributed by atoms with Gasteiger partial charge in [-0.3, -0.25) is 4.79 Å². The van der Waals surface area contributed by atoms with Crippen LogP contribution in [-0.4, -0.2) is 31.1 Å². The molecule has 2 aromatic rings. The zero-order valence-corrected chi connectivity index (χ0v) is 14.7. The average Bonchev–Trinajstić information content (AvgIpc) is 3.08. The fourth-order valence-corrected chi connectivity index (χ4v) is 4.78. The molecule has 3 rings (SSSR count). The highest BCUT2D eigenvalue weighted by molar-refractivity contribution is 7.89. The van der Waals surface area contributed by atoms with Crippen molar-refractivity contribution in [2.75, 3.05) is 6.54 Å². The molecule has 1 unspecified atom stereocenters. The van der Waals surface area contributed by atoms with Gasteiger partial charge in [-0.25, -0.2) is 8.42 Å². The molecule has 2 aromatic carbocycles. The van der Waals surface area contributed by atoms with Gasteiger partial charge < -0.3 is 0 Å². The van der Waals surface area contributed by atoms with Crippen molar-refractivity contribution in [1.29, 1.82) is 0 Å². The Bertz CT molecular complexity index is 859. The largest absolute Gasteiger partial charge is 0.292 e. The van der Waals surface area contributed by atoms with Crippen molar-refractivity contribution in [2.24, 2.45) is 0 Å². The fraction of sp³-hybridized carbons (Fsp3) is 0.316. The van der Waals surface area contributed by atoms with Gasteiger partial charge in [0, 0.05) is 12.1 Å². The van der Waals surface area contributed by atoms with E-state index in [1.807, 2.05) is 26.0 Å². The van der Waals surface area contributed by atoms with Gasteiger partial charge in [0.05, 0.1) is 10.9 Å². The highest BCUT2D eigenvalue weighted by Crippen LogP contribution is 2.28. The van der Waals surface area contributed by atoms with E-state index in [4.69, 9.17) is 0 Å². The average molecular weight is 343 g/mol. The van der Waals surface area contributed by atoms with Gasteiger partial charge in [0.2, 0.25) is 10.0 Å². The van der Waals surface area contributed by atoms with Crippen molar-refractivity contribution in [3.8, 4) is 0 Å². The SMILES string of the molecule is Cc1ccc(C(=O)C2CCCN2S(=O)(=O)c2ccccc2)cc1C. The van der Waals surface area contributed by atoms with E-state index in [2.05, 4.69) is 0 Å². The van der Waals surface area contributed by atoms with Crippen molar-refractivity contribution in [3.05, 3.63) is 65.2 Å². The van der Waals surface area contributed by atoms with Crippen molar-refractivity contribution >= 4 is 15.8 Å². The molecule has 0 N–H and O–H groups in total. The molecule has 5 heteroatoms. The molecule has 1 atom stereocenters. The van der Waals surface area contributed by atoms with Crippen LogP contribution in [-0.2, 0) is 10.0 Å². The summed E-state index contributed by atoms with van der Waals surface area (Å²) in [5, 5.41) is 0. The summed E-state index contributed by atoms with van der Waals surface area (Å²) in [6.45, 7) is 4.34. The lowest BCUT2D eigenvalue weighted by atomic mass is 9.99. The van der Waals surface area contributed by atoms with E-state index in [0.717, 1.165) is 11.1 Å². The van der Waals surface area contributed by atoms with Gasteiger partial charge in [0.15, 0.2) is 5.78 Å². The van der Waals surface area contributed by atoms with Gasteiger partial charge in [-0.1, -0.05) is 30.3 Å². The third-order valence-electron chi connectivity index (χ3n) is 4.65. The van der Waals surface area contributed by atoms with Crippen LogP contribution in [0.4, 0.5) is 0 Å². The Morgan fingerprint density at radius 3 is 2.42 bits per heavy atom. The maximum absolute atomic E-state index is 12.9. The summed E-state index contributed by atoms with van der Waals surface area (Å²) in [6, 6.07) is 13.3. The first-order chi connectivity index (χ1) is 11.4. The summed E-state index contributed by atoms with van der Waals surface area (Å²) in [4.78, 5) is 13.1. The number of nitrogens with zero attached hydrogens (tertiary/aromatic N) is 1. The summed E-state index contributed by atoms with van der Waals surface area (Å²) in [7, 11) is -3.65. The molecule has 0 saturated carbocycles. The van der Waals surface area contributed by atoms with Crippen LogP contribution in [0.2, 0.25) is 0 Å². The number of benzene rings is 2. The highest BCUT2D eigenvalue weighted by atomic mass is 32.2. The number of hydrogen-bond acceptors (Lipinski definition) is 3. The Labute approximate surface area is 143 Å². The molecule has 0 aromatic heterocycles. The molecule has 1 heterocycles. The number of carbonyl (C=O) groups excluding carboxylic acids is 1. The summed E-state index contributed by atoms with van der Waals surface area (Å²) >= 11 is 0. The fourth-order valence-electron chi connectivity index (χ4n) is 3.10. The van der Waals surface area contributed by atoms with Crippen LogP contribution in [0.1, 0.15) is 34.3 Å². The van der Waals surface area contributed by atoms with Crippen molar-refractivity contribution in [1.82, 2.24) is 4.31 Å². The Morgan fingerprint density at radius 2 is 1.75 bits per heavy atom. The van der Waals surface area contributed by atoms with Crippen LogP contribution in [0.15, 0.2) is 53.4 Å². The second-order valence-corrected chi connectivity index (χ2v) is 8.14. The van der Waals surface area contributed by atoms with E-state index in [1.54, 1.807) is 36.4 Å². The zero-order valence-electron chi connectivity index (χ0n) is 13.9. The first kappa shape index (κ1) is 16.9. The van der Waals surface area contributed by atoms with Gasteiger partial charge in [-0.2, -0.15) is 4.31 Å². The molecule has 126 valence electrons. The maximum Gasteiger partial charge on any atom is 0.243 e. The van der Waals surface area contributed by atoms with Crippen LogP contribution < -0.4 is 0 Å². The molecule has 0 amide bonds. The Hall–Kier alpha value is -1.98. The van der Waals surface area contributed by atoms with Crippen LogP contribution in [0.25, 0.3) is 0 Å². The molecule has 4 nitrogen and oxygen atoms in total. The monoisotopic (exact) mass is 343 g/mol. The summed E-state index contributed by atoms with van der Waals surface area (Å²) < 4.78 is 27.1. The van der Waals surface area contributed by atoms with E-state index in [9.17, 15) is 13.2 Å². The number of sulfonamides is 1. The molecule has 0 bridgehead atoms. The second-order valence-electron chi connectivity index (χ2n) is 6.25. The normalized spacial score (nSPS) is 18.7. The Morgan fingerprint density at radius 1 is 1.04 bits per heavy atom. The van der Waals surface area contributed by atoms with Gasteiger partial charge in [0.25, 0.3) is 0 Å². The van der Waals surface area contributed by atoms with Crippen molar-refractivity contribution < 1.29 is 13.2 Å². The smallest absolute Gasteiger partial charge is 0.243 e. The topological polar surface area (TPSA) is 54.5 Å². The Kier molecular flexibility index (Phi) is 4.56.